The van der Waals surface area contributed by atoms with Crippen molar-refractivity contribution in [3.8, 4) is 0 Å². The molecule has 1 fully saturated rings. The Morgan fingerprint density at radius 1 is 1.22 bits per heavy atom. The van der Waals surface area contributed by atoms with E-state index in [9.17, 15) is 0 Å². The number of rotatable bonds is 4. The van der Waals surface area contributed by atoms with Gasteiger partial charge in [0.2, 0.25) is 0 Å². The lowest BCUT2D eigenvalue weighted by Crippen LogP contribution is -2.35. The molecule has 4 nitrogen and oxygen atoms in total. The number of fused-ring (bicyclic) bond motifs is 1. The average Bonchev–Trinajstić information content (AvgIpc) is 2.82. The summed E-state index contributed by atoms with van der Waals surface area (Å²) >= 11 is 0. The van der Waals surface area contributed by atoms with E-state index in [1.165, 1.54) is 0 Å². The van der Waals surface area contributed by atoms with Gasteiger partial charge in [-0.3, -0.25) is 0 Å². The molecule has 2 aromatic rings. The van der Waals surface area contributed by atoms with Gasteiger partial charge in [0, 0.05) is 32.2 Å². The molecule has 0 radical (unpaired) electrons. The maximum Gasteiger partial charge on any atom is 0.196 e. The third-order valence-electron chi connectivity index (χ3n) is 3.33. The second kappa shape index (κ2) is 5.50. The highest BCUT2D eigenvalue weighted by Gasteiger charge is 2.13. The van der Waals surface area contributed by atoms with Gasteiger partial charge in [-0.15, -0.1) is 0 Å². The van der Waals surface area contributed by atoms with Gasteiger partial charge >= 0.3 is 0 Å². The third kappa shape index (κ3) is 2.71. The molecule has 1 aliphatic rings. The minimum absolute atomic E-state index is 0.586. The van der Waals surface area contributed by atoms with E-state index in [-0.39, 0.29) is 0 Å². The summed E-state index contributed by atoms with van der Waals surface area (Å²) in [5.41, 5.74) is 1.82. The van der Waals surface area contributed by atoms with Crippen LogP contribution in [0.4, 0.5) is 0 Å². The van der Waals surface area contributed by atoms with Gasteiger partial charge in [0.15, 0.2) is 11.5 Å². The van der Waals surface area contributed by atoms with Crippen LogP contribution in [0.25, 0.3) is 11.1 Å². The Bertz CT molecular complexity index is 470. The van der Waals surface area contributed by atoms with Crippen molar-refractivity contribution in [2.75, 3.05) is 19.8 Å². The Balaban J connectivity index is 1.53. The molecule has 0 aliphatic carbocycles. The molecule has 2 heterocycles. The third-order valence-corrected chi connectivity index (χ3v) is 3.33. The van der Waals surface area contributed by atoms with Crippen LogP contribution < -0.4 is 5.32 Å². The maximum absolute atomic E-state index is 5.68. The van der Waals surface area contributed by atoms with Gasteiger partial charge in [-0.05, 0) is 25.0 Å². The van der Waals surface area contributed by atoms with E-state index in [0.717, 1.165) is 56.0 Å². The Hall–Kier alpha value is -1.39. The normalized spacial score (nSPS) is 17.3. The fraction of sp³-hybridized carbons (Fsp3) is 0.500. The summed E-state index contributed by atoms with van der Waals surface area (Å²) in [5.74, 6) is 0.816. The van der Waals surface area contributed by atoms with Gasteiger partial charge in [0.25, 0.3) is 0 Å². The summed E-state index contributed by atoms with van der Waals surface area (Å²) in [6.45, 7) is 2.67. The van der Waals surface area contributed by atoms with E-state index in [1.807, 2.05) is 24.3 Å². The van der Waals surface area contributed by atoms with E-state index >= 15 is 0 Å². The predicted octanol–water partition coefficient (Wildman–Crippen LogP) is 2.14. The van der Waals surface area contributed by atoms with Gasteiger partial charge in [0.1, 0.15) is 5.52 Å². The van der Waals surface area contributed by atoms with Crippen molar-refractivity contribution in [2.24, 2.45) is 0 Å². The summed E-state index contributed by atoms with van der Waals surface area (Å²) in [5, 5.41) is 3.53. The summed E-state index contributed by atoms with van der Waals surface area (Å²) in [7, 11) is 0. The van der Waals surface area contributed by atoms with Crippen LogP contribution in [-0.2, 0) is 11.2 Å². The van der Waals surface area contributed by atoms with Crippen molar-refractivity contribution >= 4 is 11.1 Å². The first-order valence-corrected chi connectivity index (χ1v) is 6.57. The van der Waals surface area contributed by atoms with Crippen molar-refractivity contribution in [3.63, 3.8) is 0 Å². The van der Waals surface area contributed by atoms with Crippen LogP contribution in [0.2, 0.25) is 0 Å². The van der Waals surface area contributed by atoms with E-state index in [0.29, 0.717) is 6.04 Å². The minimum Gasteiger partial charge on any atom is -0.441 e. The molecule has 4 heteroatoms. The quantitative estimate of drug-likeness (QED) is 0.898. The zero-order valence-corrected chi connectivity index (χ0v) is 10.4. The van der Waals surface area contributed by atoms with Crippen molar-refractivity contribution in [1.29, 1.82) is 0 Å². The van der Waals surface area contributed by atoms with Gasteiger partial charge in [-0.2, -0.15) is 0 Å². The molecular formula is C14H18N2O2. The summed E-state index contributed by atoms with van der Waals surface area (Å²) in [6.07, 6.45) is 3.05. The number of hydrogen-bond donors (Lipinski definition) is 1. The molecule has 1 saturated heterocycles. The number of nitrogens with one attached hydrogen (secondary N) is 1. The highest BCUT2D eigenvalue weighted by atomic mass is 16.5. The number of benzene rings is 1. The van der Waals surface area contributed by atoms with Crippen molar-refractivity contribution in [2.45, 2.75) is 25.3 Å². The molecule has 96 valence electrons. The number of nitrogens with zero attached hydrogens (tertiary/aromatic N) is 1. The highest BCUT2D eigenvalue weighted by Crippen LogP contribution is 2.14. The van der Waals surface area contributed by atoms with Crippen LogP contribution in [0.5, 0.6) is 0 Å². The monoisotopic (exact) mass is 246 g/mol. The predicted molar refractivity (Wildman–Crippen MR) is 69.6 cm³/mol. The van der Waals surface area contributed by atoms with Crippen LogP contribution >= 0.6 is 0 Å². The number of hydrogen-bond acceptors (Lipinski definition) is 4. The number of aromatic nitrogens is 1. The topological polar surface area (TPSA) is 47.3 Å². The van der Waals surface area contributed by atoms with Gasteiger partial charge in [-0.25, -0.2) is 4.98 Å². The van der Waals surface area contributed by atoms with Gasteiger partial charge < -0.3 is 14.5 Å². The Morgan fingerprint density at radius 2 is 2.06 bits per heavy atom. The molecule has 1 N–H and O–H groups in total. The zero-order chi connectivity index (χ0) is 12.2. The lowest BCUT2D eigenvalue weighted by molar-refractivity contribution is 0.0781. The van der Waals surface area contributed by atoms with E-state index in [2.05, 4.69) is 10.3 Å². The highest BCUT2D eigenvalue weighted by molar-refractivity contribution is 5.72. The molecule has 1 aromatic heterocycles. The molecular weight excluding hydrogens is 228 g/mol. The molecule has 0 atom stereocenters. The van der Waals surface area contributed by atoms with Crippen LogP contribution in [-0.4, -0.2) is 30.8 Å². The van der Waals surface area contributed by atoms with Crippen LogP contribution in [0.15, 0.2) is 28.7 Å². The Morgan fingerprint density at radius 3 is 2.89 bits per heavy atom. The lowest BCUT2D eigenvalue weighted by atomic mass is 10.1. The van der Waals surface area contributed by atoms with Crippen LogP contribution in [0.3, 0.4) is 0 Å². The second-order valence-electron chi connectivity index (χ2n) is 4.67. The van der Waals surface area contributed by atoms with Gasteiger partial charge in [0.05, 0.1) is 0 Å². The first kappa shape index (κ1) is 11.7. The van der Waals surface area contributed by atoms with Gasteiger partial charge in [-0.1, -0.05) is 12.1 Å². The first-order chi connectivity index (χ1) is 8.92. The molecule has 18 heavy (non-hydrogen) atoms. The molecule has 1 aliphatic heterocycles. The lowest BCUT2D eigenvalue weighted by Gasteiger charge is -2.22. The summed E-state index contributed by atoms with van der Waals surface area (Å²) in [6, 6.07) is 8.47. The molecule has 3 rings (SSSR count). The van der Waals surface area contributed by atoms with E-state index in [4.69, 9.17) is 9.15 Å². The fourth-order valence-electron chi connectivity index (χ4n) is 2.31. The van der Waals surface area contributed by atoms with Crippen molar-refractivity contribution < 1.29 is 9.15 Å². The largest absolute Gasteiger partial charge is 0.441 e. The van der Waals surface area contributed by atoms with Crippen molar-refractivity contribution in [3.05, 3.63) is 30.2 Å². The molecule has 1 aromatic carbocycles. The van der Waals surface area contributed by atoms with Crippen LogP contribution in [0.1, 0.15) is 18.7 Å². The first-order valence-electron chi connectivity index (χ1n) is 6.57. The summed E-state index contributed by atoms with van der Waals surface area (Å²) < 4.78 is 11.0. The number of oxazole rings is 1. The van der Waals surface area contributed by atoms with E-state index in [1.54, 1.807) is 0 Å². The minimum atomic E-state index is 0.586. The van der Waals surface area contributed by atoms with Crippen molar-refractivity contribution in [1.82, 2.24) is 10.3 Å². The zero-order valence-electron chi connectivity index (χ0n) is 10.4. The number of para-hydroxylation sites is 2. The molecule has 0 saturated carbocycles. The average molecular weight is 246 g/mol. The molecule has 0 amide bonds. The van der Waals surface area contributed by atoms with Crippen LogP contribution in [0, 0.1) is 0 Å². The number of ether oxygens (including phenoxy) is 1. The summed E-state index contributed by atoms with van der Waals surface area (Å²) in [4.78, 5) is 4.46. The Kier molecular flexibility index (Phi) is 3.57. The Labute approximate surface area is 106 Å². The smallest absolute Gasteiger partial charge is 0.196 e. The molecule has 0 bridgehead atoms. The SMILES string of the molecule is c1ccc2oc(CCNC3CCOCC3)nc2c1. The fourth-order valence-corrected chi connectivity index (χ4v) is 2.31. The maximum atomic E-state index is 5.68. The van der Waals surface area contributed by atoms with E-state index < -0.39 is 0 Å². The molecule has 0 spiro atoms. The standard InChI is InChI=1S/C14H18N2O2/c1-2-4-13-12(3-1)16-14(18-13)5-8-15-11-6-9-17-10-7-11/h1-4,11,15H,5-10H2. The molecule has 0 unspecified atom stereocenters. The second-order valence-corrected chi connectivity index (χ2v) is 4.67.